The molecule has 1 fully saturated rings. The van der Waals surface area contributed by atoms with E-state index in [1.807, 2.05) is 18.4 Å². The molecule has 1 atom stereocenters. The number of aromatic nitrogens is 1. The molecular weight excluding hydrogens is 278 g/mol. The lowest BCUT2D eigenvalue weighted by Crippen LogP contribution is -2.19. The maximum absolute atomic E-state index is 4.95. The standard InChI is InChI=1S/C17H23N3S/c1-3-13-9-10-20(12-13)17-19-16(15(21-17)11-18-2)14-7-5-4-6-8-14/h4-8,13,18H,3,9-12H2,1-2H3. The van der Waals surface area contributed by atoms with Crippen molar-refractivity contribution in [2.75, 3.05) is 25.0 Å². The molecule has 2 aromatic rings. The van der Waals surface area contributed by atoms with Crippen molar-refractivity contribution in [3.05, 3.63) is 35.2 Å². The fourth-order valence-electron chi connectivity index (χ4n) is 2.92. The molecule has 1 aliphatic rings. The predicted molar refractivity (Wildman–Crippen MR) is 90.9 cm³/mol. The lowest BCUT2D eigenvalue weighted by atomic mass is 10.1. The topological polar surface area (TPSA) is 28.2 Å². The van der Waals surface area contributed by atoms with Crippen LogP contribution in [-0.2, 0) is 6.54 Å². The summed E-state index contributed by atoms with van der Waals surface area (Å²) in [5.74, 6) is 0.835. The highest BCUT2D eigenvalue weighted by Crippen LogP contribution is 2.35. The molecule has 1 N–H and O–H groups in total. The Morgan fingerprint density at radius 3 is 2.81 bits per heavy atom. The SMILES string of the molecule is CCC1CCN(c2nc(-c3ccccc3)c(CNC)s2)C1. The Balaban J connectivity index is 1.90. The van der Waals surface area contributed by atoms with E-state index in [0.717, 1.165) is 31.2 Å². The first-order valence-corrected chi connectivity index (χ1v) is 8.58. The van der Waals surface area contributed by atoms with Gasteiger partial charge in [0, 0.05) is 30.1 Å². The maximum Gasteiger partial charge on any atom is 0.186 e. The quantitative estimate of drug-likeness (QED) is 0.911. The van der Waals surface area contributed by atoms with Gasteiger partial charge in [-0.2, -0.15) is 0 Å². The molecule has 1 saturated heterocycles. The summed E-state index contributed by atoms with van der Waals surface area (Å²) in [5.41, 5.74) is 2.36. The number of hydrogen-bond acceptors (Lipinski definition) is 4. The van der Waals surface area contributed by atoms with Crippen LogP contribution in [0.3, 0.4) is 0 Å². The van der Waals surface area contributed by atoms with Crippen LogP contribution in [0.5, 0.6) is 0 Å². The Labute approximate surface area is 131 Å². The molecule has 0 aliphatic carbocycles. The van der Waals surface area contributed by atoms with E-state index in [2.05, 4.69) is 47.5 Å². The smallest absolute Gasteiger partial charge is 0.186 e. The van der Waals surface area contributed by atoms with Crippen LogP contribution in [-0.4, -0.2) is 25.1 Å². The van der Waals surface area contributed by atoms with Gasteiger partial charge in [-0.3, -0.25) is 0 Å². The molecular formula is C17H23N3S. The van der Waals surface area contributed by atoms with Crippen molar-refractivity contribution in [2.45, 2.75) is 26.3 Å². The van der Waals surface area contributed by atoms with Gasteiger partial charge in [-0.05, 0) is 19.4 Å². The van der Waals surface area contributed by atoms with Gasteiger partial charge < -0.3 is 10.2 Å². The number of nitrogens with one attached hydrogen (secondary N) is 1. The average Bonchev–Trinajstić information content (AvgIpc) is 3.15. The highest BCUT2D eigenvalue weighted by Gasteiger charge is 2.24. The van der Waals surface area contributed by atoms with Crippen LogP contribution in [0.2, 0.25) is 0 Å². The van der Waals surface area contributed by atoms with Crippen molar-refractivity contribution in [1.29, 1.82) is 0 Å². The third kappa shape index (κ3) is 3.11. The lowest BCUT2D eigenvalue weighted by molar-refractivity contribution is 0.569. The maximum atomic E-state index is 4.95. The van der Waals surface area contributed by atoms with Gasteiger partial charge in [0.2, 0.25) is 0 Å². The molecule has 0 bridgehead atoms. The number of thiazole rings is 1. The molecule has 3 rings (SSSR count). The van der Waals surface area contributed by atoms with Gasteiger partial charge in [0.15, 0.2) is 5.13 Å². The first kappa shape index (κ1) is 14.5. The highest BCUT2D eigenvalue weighted by atomic mass is 32.1. The van der Waals surface area contributed by atoms with Crippen molar-refractivity contribution in [3.63, 3.8) is 0 Å². The Morgan fingerprint density at radius 1 is 1.33 bits per heavy atom. The first-order valence-electron chi connectivity index (χ1n) is 7.76. The molecule has 0 spiro atoms. The number of nitrogens with zero attached hydrogens (tertiary/aromatic N) is 2. The van der Waals surface area contributed by atoms with Crippen LogP contribution in [0.1, 0.15) is 24.6 Å². The van der Waals surface area contributed by atoms with Gasteiger partial charge in [-0.25, -0.2) is 4.98 Å². The van der Waals surface area contributed by atoms with Crippen LogP contribution in [0.4, 0.5) is 5.13 Å². The second-order valence-electron chi connectivity index (χ2n) is 5.67. The number of benzene rings is 1. The van der Waals surface area contributed by atoms with Crippen molar-refractivity contribution < 1.29 is 0 Å². The number of hydrogen-bond donors (Lipinski definition) is 1. The minimum absolute atomic E-state index is 0.835. The summed E-state index contributed by atoms with van der Waals surface area (Å²) in [4.78, 5) is 8.75. The van der Waals surface area contributed by atoms with E-state index < -0.39 is 0 Å². The van der Waals surface area contributed by atoms with Crippen molar-refractivity contribution in [1.82, 2.24) is 10.3 Å². The molecule has 0 amide bonds. The largest absolute Gasteiger partial charge is 0.348 e. The zero-order valence-corrected chi connectivity index (χ0v) is 13.6. The second kappa shape index (κ2) is 6.58. The highest BCUT2D eigenvalue weighted by molar-refractivity contribution is 7.16. The summed E-state index contributed by atoms with van der Waals surface area (Å²) in [6.45, 7) is 5.49. The molecule has 4 heteroatoms. The molecule has 3 nitrogen and oxygen atoms in total. The van der Waals surface area contributed by atoms with E-state index in [1.165, 1.54) is 28.4 Å². The van der Waals surface area contributed by atoms with Crippen LogP contribution in [0.25, 0.3) is 11.3 Å². The van der Waals surface area contributed by atoms with E-state index in [4.69, 9.17) is 4.98 Å². The van der Waals surface area contributed by atoms with Gasteiger partial charge >= 0.3 is 0 Å². The molecule has 1 aromatic heterocycles. The van der Waals surface area contributed by atoms with Crippen LogP contribution in [0.15, 0.2) is 30.3 Å². The molecule has 1 unspecified atom stereocenters. The minimum atomic E-state index is 0.835. The molecule has 112 valence electrons. The van der Waals surface area contributed by atoms with E-state index in [0.29, 0.717) is 0 Å². The fraction of sp³-hybridized carbons (Fsp3) is 0.471. The van der Waals surface area contributed by atoms with Crippen molar-refractivity contribution >= 4 is 16.5 Å². The number of rotatable bonds is 5. The second-order valence-corrected chi connectivity index (χ2v) is 6.74. The monoisotopic (exact) mass is 301 g/mol. The summed E-state index contributed by atoms with van der Waals surface area (Å²) in [6.07, 6.45) is 2.58. The molecule has 0 saturated carbocycles. The zero-order chi connectivity index (χ0) is 14.7. The minimum Gasteiger partial charge on any atom is -0.348 e. The third-order valence-electron chi connectivity index (χ3n) is 4.20. The summed E-state index contributed by atoms with van der Waals surface area (Å²) < 4.78 is 0. The molecule has 1 aliphatic heterocycles. The molecule has 1 aromatic carbocycles. The van der Waals surface area contributed by atoms with E-state index >= 15 is 0 Å². The Morgan fingerprint density at radius 2 is 2.14 bits per heavy atom. The molecule has 21 heavy (non-hydrogen) atoms. The Hall–Kier alpha value is -1.39. The summed E-state index contributed by atoms with van der Waals surface area (Å²) >= 11 is 1.84. The summed E-state index contributed by atoms with van der Waals surface area (Å²) in [6, 6.07) is 10.5. The average molecular weight is 301 g/mol. The molecule has 2 heterocycles. The van der Waals surface area contributed by atoms with Crippen molar-refractivity contribution in [2.24, 2.45) is 5.92 Å². The normalized spacial score (nSPS) is 18.4. The van der Waals surface area contributed by atoms with E-state index in [9.17, 15) is 0 Å². The van der Waals surface area contributed by atoms with Crippen molar-refractivity contribution in [3.8, 4) is 11.3 Å². The van der Waals surface area contributed by atoms with E-state index in [1.54, 1.807) is 0 Å². The Bertz CT molecular complexity index is 579. The first-order chi connectivity index (χ1) is 10.3. The van der Waals surface area contributed by atoms with Crippen LogP contribution in [0, 0.1) is 5.92 Å². The van der Waals surface area contributed by atoms with Gasteiger partial charge in [0.1, 0.15) is 0 Å². The molecule has 0 radical (unpaired) electrons. The summed E-state index contributed by atoms with van der Waals surface area (Å²) in [5, 5.41) is 4.46. The lowest BCUT2D eigenvalue weighted by Gasteiger charge is -2.14. The predicted octanol–water partition coefficient (Wildman–Crippen LogP) is 3.77. The van der Waals surface area contributed by atoms with Gasteiger partial charge in [-0.15, -0.1) is 0 Å². The Kier molecular flexibility index (Phi) is 4.56. The zero-order valence-electron chi connectivity index (χ0n) is 12.8. The van der Waals surface area contributed by atoms with E-state index in [-0.39, 0.29) is 0 Å². The van der Waals surface area contributed by atoms with Crippen LogP contribution >= 0.6 is 11.3 Å². The number of anilines is 1. The fourth-order valence-corrected chi connectivity index (χ4v) is 4.05. The van der Waals surface area contributed by atoms with Gasteiger partial charge in [-0.1, -0.05) is 55.0 Å². The third-order valence-corrected chi connectivity index (χ3v) is 5.32. The summed E-state index contributed by atoms with van der Waals surface area (Å²) in [7, 11) is 2.00. The van der Waals surface area contributed by atoms with Crippen LogP contribution < -0.4 is 10.2 Å². The van der Waals surface area contributed by atoms with Gasteiger partial charge in [0.25, 0.3) is 0 Å². The van der Waals surface area contributed by atoms with Gasteiger partial charge in [0.05, 0.1) is 5.69 Å².